The summed E-state index contributed by atoms with van der Waals surface area (Å²) >= 11 is 0. The molecule has 244 valence electrons. The van der Waals surface area contributed by atoms with Gasteiger partial charge in [0.15, 0.2) is 18.9 Å². The number of nitrogens with one attached hydrogen (secondary N) is 2. The second-order valence-electron chi connectivity index (χ2n) is 10.3. The first-order valence-electron chi connectivity index (χ1n) is 13.5. The molecule has 10 N–H and O–H groups in total. The van der Waals surface area contributed by atoms with E-state index in [4.69, 9.17) is 28.4 Å². The Bertz CT molecular complexity index is 885. The lowest BCUT2D eigenvalue weighted by Crippen LogP contribution is -2.68. The molecule has 0 aliphatic carbocycles. The summed E-state index contributed by atoms with van der Waals surface area (Å²) in [5, 5.41) is 87.5. The van der Waals surface area contributed by atoms with Crippen molar-refractivity contribution in [1.82, 2.24) is 10.6 Å². The van der Waals surface area contributed by atoms with Crippen molar-refractivity contribution >= 4 is 11.8 Å². The molecule has 3 rings (SSSR count). The predicted octanol–water partition coefficient (Wildman–Crippen LogP) is -6.24. The van der Waals surface area contributed by atoms with Gasteiger partial charge >= 0.3 is 0 Å². The van der Waals surface area contributed by atoms with Crippen LogP contribution in [0.25, 0.3) is 0 Å². The highest BCUT2D eigenvalue weighted by atomic mass is 16.7. The number of aliphatic hydroxyl groups excluding tert-OH is 8. The molecule has 3 fully saturated rings. The van der Waals surface area contributed by atoms with Crippen molar-refractivity contribution in [2.24, 2.45) is 0 Å². The van der Waals surface area contributed by atoms with Crippen molar-refractivity contribution in [1.29, 1.82) is 0 Å². The van der Waals surface area contributed by atoms with Gasteiger partial charge in [-0.05, 0) is 6.92 Å². The third-order valence-electron chi connectivity index (χ3n) is 7.19. The summed E-state index contributed by atoms with van der Waals surface area (Å²) in [5.41, 5.74) is 0. The van der Waals surface area contributed by atoms with Crippen molar-refractivity contribution in [2.45, 2.75) is 113 Å². The highest BCUT2D eigenvalue weighted by Gasteiger charge is 2.52. The fourth-order valence-electron chi connectivity index (χ4n) is 5.05. The number of hydrogen-bond acceptors (Lipinski definition) is 16. The summed E-state index contributed by atoms with van der Waals surface area (Å²) in [6.45, 7) is 2.05. The van der Waals surface area contributed by atoms with Gasteiger partial charge in [0, 0.05) is 20.5 Å². The van der Waals surface area contributed by atoms with E-state index in [1.807, 2.05) is 0 Å². The molecule has 0 aromatic carbocycles. The van der Waals surface area contributed by atoms with E-state index in [-0.39, 0.29) is 6.61 Å². The maximum atomic E-state index is 11.8. The Balaban J connectivity index is 1.81. The summed E-state index contributed by atoms with van der Waals surface area (Å²) in [4.78, 5) is 23.5. The summed E-state index contributed by atoms with van der Waals surface area (Å²) in [7, 11) is 0. The largest absolute Gasteiger partial charge is 0.394 e. The number of rotatable bonds is 11. The Hall–Kier alpha value is -1.62. The molecule has 0 unspecified atom stereocenters. The van der Waals surface area contributed by atoms with Crippen LogP contribution in [0.2, 0.25) is 0 Å². The minimum Gasteiger partial charge on any atom is -0.394 e. The van der Waals surface area contributed by atoms with E-state index >= 15 is 0 Å². The highest BCUT2D eigenvalue weighted by Crippen LogP contribution is 2.31. The third kappa shape index (κ3) is 7.90. The highest BCUT2D eigenvalue weighted by molar-refractivity contribution is 5.73. The van der Waals surface area contributed by atoms with E-state index in [2.05, 4.69) is 10.6 Å². The van der Waals surface area contributed by atoms with Crippen LogP contribution < -0.4 is 10.6 Å². The fourth-order valence-corrected chi connectivity index (χ4v) is 5.05. The molecule has 0 aromatic heterocycles. The number of ether oxygens (including phenoxy) is 6. The van der Waals surface area contributed by atoms with E-state index in [1.165, 1.54) is 0 Å². The van der Waals surface area contributed by atoms with Crippen LogP contribution in [0, 0.1) is 0 Å². The lowest BCUT2D eigenvalue weighted by Gasteiger charge is -2.47. The molecule has 0 bridgehead atoms. The van der Waals surface area contributed by atoms with Gasteiger partial charge in [-0.1, -0.05) is 0 Å². The lowest BCUT2D eigenvalue weighted by atomic mass is 9.95. The molecule has 0 radical (unpaired) electrons. The van der Waals surface area contributed by atoms with E-state index in [0.717, 1.165) is 13.8 Å². The van der Waals surface area contributed by atoms with E-state index in [0.29, 0.717) is 0 Å². The average molecular weight is 615 g/mol. The average Bonchev–Trinajstić information content (AvgIpc) is 2.94. The van der Waals surface area contributed by atoms with E-state index in [1.54, 1.807) is 6.92 Å². The lowest BCUT2D eigenvalue weighted by molar-refractivity contribution is -0.353. The minimum absolute atomic E-state index is 0.0582. The quantitative estimate of drug-likeness (QED) is 0.104. The molecular formula is C24H42N2O16. The molecule has 18 heteroatoms. The molecule has 3 saturated heterocycles. The van der Waals surface area contributed by atoms with Gasteiger partial charge in [-0.3, -0.25) is 9.59 Å². The van der Waals surface area contributed by atoms with Crippen LogP contribution in [0.15, 0.2) is 0 Å². The van der Waals surface area contributed by atoms with Gasteiger partial charge in [0.05, 0.1) is 19.8 Å². The van der Waals surface area contributed by atoms with Gasteiger partial charge in [-0.2, -0.15) is 0 Å². The third-order valence-corrected chi connectivity index (χ3v) is 7.19. The van der Waals surface area contributed by atoms with Crippen LogP contribution in [0.3, 0.4) is 0 Å². The van der Waals surface area contributed by atoms with Crippen molar-refractivity contribution in [2.75, 3.05) is 26.4 Å². The Morgan fingerprint density at radius 2 is 1.12 bits per heavy atom. The molecule has 42 heavy (non-hydrogen) atoms. The zero-order valence-electron chi connectivity index (χ0n) is 23.3. The smallest absolute Gasteiger partial charge is 0.217 e. The van der Waals surface area contributed by atoms with E-state index in [9.17, 15) is 50.4 Å². The number of carbonyl (C=O) groups is 2. The van der Waals surface area contributed by atoms with Crippen LogP contribution in [0.5, 0.6) is 0 Å². The topological polar surface area (TPSA) is 275 Å². The summed E-state index contributed by atoms with van der Waals surface area (Å²) in [6, 6.07) is -2.65. The van der Waals surface area contributed by atoms with Gasteiger partial charge in [-0.15, -0.1) is 0 Å². The van der Waals surface area contributed by atoms with Crippen LogP contribution in [-0.4, -0.2) is 171 Å². The van der Waals surface area contributed by atoms with Gasteiger partial charge in [0.2, 0.25) is 11.8 Å². The zero-order chi connectivity index (χ0) is 31.3. The number of amides is 2. The van der Waals surface area contributed by atoms with Crippen molar-refractivity contribution in [3.8, 4) is 0 Å². The zero-order valence-corrected chi connectivity index (χ0v) is 23.3. The normalized spacial score (nSPS) is 44.4. The summed E-state index contributed by atoms with van der Waals surface area (Å²) in [5.74, 6) is -1.20. The maximum absolute atomic E-state index is 11.8. The molecule has 0 saturated carbocycles. The first-order chi connectivity index (χ1) is 19.8. The van der Waals surface area contributed by atoms with Crippen LogP contribution in [-0.2, 0) is 38.0 Å². The van der Waals surface area contributed by atoms with Crippen molar-refractivity contribution in [3.05, 3.63) is 0 Å². The minimum atomic E-state index is -1.69. The SMILES string of the molecule is CCO[C@H]1O[C@H](CO[C@@H]2O[C@H](CO)[C@@H](O)[C@H](O)[C@@H]2NC(C)=O)[C@H](O)[C@H](O[C@@H]2O[C@H](CO)[C@@H](O)[C@H](O)[C@@H]2NC(C)=O)[C@H]1O. The molecule has 15 atom stereocenters. The predicted molar refractivity (Wildman–Crippen MR) is 134 cm³/mol. The molecule has 3 aliphatic heterocycles. The maximum Gasteiger partial charge on any atom is 0.217 e. The van der Waals surface area contributed by atoms with Crippen LogP contribution in [0.4, 0.5) is 0 Å². The fraction of sp³-hybridized carbons (Fsp3) is 0.917. The summed E-state index contributed by atoms with van der Waals surface area (Å²) in [6.07, 6.45) is -19.6. The molecular weight excluding hydrogens is 572 g/mol. The monoisotopic (exact) mass is 614 g/mol. The Morgan fingerprint density at radius 1 is 0.643 bits per heavy atom. The molecule has 18 nitrogen and oxygen atoms in total. The van der Waals surface area contributed by atoms with Crippen LogP contribution >= 0.6 is 0 Å². The first-order valence-corrected chi connectivity index (χ1v) is 13.5. The van der Waals surface area contributed by atoms with Crippen LogP contribution in [0.1, 0.15) is 20.8 Å². The first kappa shape index (κ1) is 34.9. The second kappa shape index (κ2) is 15.4. The molecule has 0 aromatic rings. The van der Waals surface area contributed by atoms with Crippen molar-refractivity contribution in [3.63, 3.8) is 0 Å². The number of carbonyl (C=O) groups excluding carboxylic acids is 2. The molecule has 2 amide bonds. The Kier molecular flexibility index (Phi) is 12.8. The molecule has 0 spiro atoms. The Morgan fingerprint density at radius 3 is 1.60 bits per heavy atom. The number of aliphatic hydroxyl groups is 8. The number of hydrogen-bond donors (Lipinski definition) is 10. The standard InChI is InChI=1S/C24H42N2O16/c1-4-37-24-20(36)21(42-23-14(26-9(3)30)19(35)16(32)11(6-28)40-23)17(33)12(41-24)7-38-22-13(25-8(2)29)18(34)15(31)10(5-27)39-22/h10-24,27-28,31-36H,4-7H2,1-3H3,(H,25,29)(H,26,30)/t10-,11-,12-,13+,14+,15-,16-,17+,18-,19-,20-,21+,22-,23+,24+/m1/s1. The second-order valence-corrected chi connectivity index (χ2v) is 10.3. The molecule has 3 aliphatic rings. The van der Waals surface area contributed by atoms with Gasteiger partial charge in [0.25, 0.3) is 0 Å². The van der Waals surface area contributed by atoms with Crippen molar-refractivity contribution < 1.29 is 78.9 Å². The molecule has 3 heterocycles. The van der Waals surface area contributed by atoms with Gasteiger partial charge in [-0.25, -0.2) is 0 Å². The summed E-state index contributed by atoms with van der Waals surface area (Å²) < 4.78 is 33.7. The van der Waals surface area contributed by atoms with Gasteiger partial charge in [0.1, 0.15) is 73.1 Å². The van der Waals surface area contributed by atoms with E-state index < -0.39 is 124 Å². The Labute approximate surface area is 241 Å². The van der Waals surface area contributed by atoms with Gasteiger partial charge < -0.3 is 79.9 Å².